The molecule has 0 bridgehead atoms. The molecule has 1 heterocycles. The van der Waals surface area contributed by atoms with E-state index in [4.69, 9.17) is 12.2 Å². The highest BCUT2D eigenvalue weighted by Crippen LogP contribution is 2.18. The number of rotatable bonds is 2. The third-order valence-electron chi connectivity index (χ3n) is 1.88. The van der Waals surface area contributed by atoms with Crippen LogP contribution >= 0.6 is 24.0 Å². The third-order valence-corrected chi connectivity index (χ3v) is 2.90. The van der Waals surface area contributed by atoms with Gasteiger partial charge in [0.25, 0.3) is 0 Å². The number of aromatic nitrogens is 3. The zero-order valence-electron chi connectivity index (χ0n) is 7.60. The molecule has 0 radical (unpaired) electrons. The molecule has 0 saturated carbocycles. The number of aromatic amines is 1. The van der Waals surface area contributed by atoms with Gasteiger partial charge in [0.1, 0.15) is 6.33 Å². The summed E-state index contributed by atoms with van der Waals surface area (Å²) in [6.45, 7) is 0. The van der Waals surface area contributed by atoms with Gasteiger partial charge < -0.3 is 0 Å². The van der Waals surface area contributed by atoms with Crippen molar-refractivity contribution in [2.45, 2.75) is 4.90 Å². The summed E-state index contributed by atoms with van der Waals surface area (Å²) in [4.78, 5) is 1.21. The number of thioether (sulfide) groups is 1. The molecular formula is C9H9N3S2. The van der Waals surface area contributed by atoms with Crippen molar-refractivity contribution < 1.29 is 0 Å². The number of benzene rings is 1. The van der Waals surface area contributed by atoms with Crippen molar-refractivity contribution in [2.24, 2.45) is 0 Å². The lowest BCUT2D eigenvalue weighted by Crippen LogP contribution is -1.91. The number of hydrogen-bond donors (Lipinski definition) is 1. The maximum Gasteiger partial charge on any atom is 0.199 e. The third kappa shape index (κ3) is 1.73. The molecule has 5 heteroatoms. The summed E-state index contributed by atoms with van der Waals surface area (Å²) >= 11 is 6.79. The average molecular weight is 223 g/mol. The van der Waals surface area contributed by atoms with E-state index in [9.17, 15) is 0 Å². The van der Waals surface area contributed by atoms with Gasteiger partial charge in [-0.2, -0.15) is 5.10 Å². The van der Waals surface area contributed by atoms with E-state index >= 15 is 0 Å². The van der Waals surface area contributed by atoms with Crippen LogP contribution < -0.4 is 0 Å². The van der Waals surface area contributed by atoms with E-state index in [1.807, 2.05) is 23.0 Å². The van der Waals surface area contributed by atoms with Crippen molar-refractivity contribution in [3.8, 4) is 5.69 Å². The number of hydrogen-bond acceptors (Lipinski definition) is 3. The molecule has 14 heavy (non-hydrogen) atoms. The van der Waals surface area contributed by atoms with E-state index < -0.39 is 0 Å². The van der Waals surface area contributed by atoms with Crippen LogP contribution in [0.2, 0.25) is 0 Å². The Morgan fingerprint density at radius 1 is 1.50 bits per heavy atom. The molecule has 0 atom stereocenters. The summed E-state index contributed by atoms with van der Waals surface area (Å²) in [5, 5.41) is 6.61. The summed E-state index contributed by atoms with van der Waals surface area (Å²) in [6, 6.07) is 8.16. The second kappa shape index (κ2) is 3.98. The molecule has 0 unspecified atom stereocenters. The van der Waals surface area contributed by atoms with E-state index in [0.717, 1.165) is 5.69 Å². The van der Waals surface area contributed by atoms with Crippen LogP contribution in [0, 0.1) is 4.77 Å². The van der Waals surface area contributed by atoms with Crippen LogP contribution in [-0.4, -0.2) is 21.0 Å². The van der Waals surface area contributed by atoms with Gasteiger partial charge in [0, 0.05) is 4.90 Å². The molecule has 2 rings (SSSR count). The smallest absolute Gasteiger partial charge is 0.199 e. The number of H-pyrrole nitrogens is 1. The molecule has 0 aliphatic carbocycles. The Kier molecular flexibility index (Phi) is 2.69. The zero-order chi connectivity index (χ0) is 9.97. The Hall–Kier alpha value is -1.07. The topological polar surface area (TPSA) is 33.6 Å². The lowest BCUT2D eigenvalue weighted by molar-refractivity contribution is 1.02. The maximum absolute atomic E-state index is 5.08. The Bertz CT molecular complexity index is 487. The van der Waals surface area contributed by atoms with Crippen LogP contribution in [0.5, 0.6) is 0 Å². The minimum absolute atomic E-state index is 0.614. The maximum atomic E-state index is 5.08. The molecule has 0 saturated heterocycles. The molecule has 1 aromatic heterocycles. The van der Waals surface area contributed by atoms with Gasteiger partial charge in [-0.15, -0.1) is 11.8 Å². The first-order valence-electron chi connectivity index (χ1n) is 4.08. The quantitative estimate of drug-likeness (QED) is 0.627. The lowest BCUT2D eigenvalue weighted by atomic mass is 10.3. The fourth-order valence-electron chi connectivity index (χ4n) is 1.19. The van der Waals surface area contributed by atoms with Crippen LogP contribution in [0.15, 0.2) is 35.5 Å². The average Bonchev–Trinajstić information content (AvgIpc) is 2.65. The fourth-order valence-corrected chi connectivity index (χ4v) is 1.85. The van der Waals surface area contributed by atoms with Crippen molar-refractivity contribution in [3.05, 3.63) is 35.4 Å². The molecule has 1 aromatic carbocycles. The monoisotopic (exact) mass is 223 g/mol. The molecule has 0 aliphatic heterocycles. The highest BCUT2D eigenvalue weighted by molar-refractivity contribution is 7.98. The van der Waals surface area contributed by atoms with Gasteiger partial charge in [0.05, 0.1) is 5.69 Å². The van der Waals surface area contributed by atoms with Crippen LogP contribution in [0.1, 0.15) is 0 Å². The van der Waals surface area contributed by atoms with Gasteiger partial charge in [-0.25, -0.2) is 0 Å². The lowest BCUT2D eigenvalue weighted by Gasteiger charge is -2.02. The normalized spacial score (nSPS) is 10.4. The van der Waals surface area contributed by atoms with Gasteiger partial charge >= 0.3 is 0 Å². The minimum Gasteiger partial charge on any atom is -0.275 e. The molecule has 3 nitrogen and oxygen atoms in total. The van der Waals surface area contributed by atoms with E-state index in [0.29, 0.717) is 4.77 Å². The summed E-state index contributed by atoms with van der Waals surface area (Å²) in [7, 11) is 0. The molecule has 2 aromatic rings. The van der Waals surface area contributed by atoms with Crippen molar-refractivity contribution in [1.82, 2.24) is 14.8 Å². The first-order chi connectivity index (χ1) is 6.81. The van der Waals surface area contributed by atoms with Crippen LogP contribution in [-0.2, 0) is 0 Å². The van der Waals surface area contributed by atoms with Crippen LogP contribution in [0.4, 0.5) is 0 Å². The highest BCUT2D eigenvalue weighted by Gasteiger charge is 1.98. The Balaban J connectivity index is 2.52. The van der Waals surface area contributed by atoms with E-state index in [1.165, 1.54) is 4.90 Å². The first-order valence-corrected chi connectivity index (χ1v) is 5.71. The Labute approximate surface area is 91.2 Å². The van der Waals surface area contributed by atoms with Gasteiger partial charge in [-0.3, -0.25) is 9.67 Å². The summed E-state index contributed by atoms with van der Waals surface area (Å²) in [5.41, 5.74) is 1.04. The van der Waals surface area contributed by atoms with Crippen molar-refractivity contribution in [3.63, 3.8) is 0 Å². The standard InChI is InChI=1S/C9H9N3S2/c1-14-8-4-2-3-7(5-8)12-6-10-11-9(12)13/h2-6H,1H3,(H,11,13). The zero-order valence-corrected chi connectivity index (χ0v) is 9.23. The van der Waals surface area contributed by atoms with Crippen molar-refractivity contribution in [2.75, 3.05) is 6.26 Å². The Morgan fingerprint density at radius 3 is 3.00 bits per heavy atom. The summed E-state index contributed by atoms with van der Waals surface area (Å²) in [6.07, 6.45) is 3.73. The molecule has 0 spiro atoms. The molecule has 72 valence electrons. The van der Waals surface area contributed by atoms with Crippen LogP contribution in [0.25, 0.3) is 5.69 Å². The largest absolute Gasteiger partial charge is 0.275 e. The molecule has 0 aliphatic rings. The molecular weight excluding hydrogens is 214 g/mol. The number of nitrogens with zero attached hydrogens (tertiary/aromatic N) is 2. The second-order valence-corrected chi connectivity index (χ2v) is 4.00. The predicted octanol–water partition coefficient (Wildman–Crippen LogP) is 2.65. The molecule has 0 amide bonds. The number of nitrogens with one attached hydrogen (secondary N) is 1. The second-order valence-electron chi connectivity index (χ2n) is 2.73. The van der Waals surface area contributed by atoms with Crippen LogP contribution in [0.3, 0.4) is 0 Å². The predicted molar refractivity (Wildman–Crippen MR) is 60.5 cm³/mol. The van der Waals surface area contributed by atoms with Gasteiger partial charge in [-0.1, -0.05) is 6.07 Å². The van der Waals surface area contributed by atoms with E-state index in [-0.39, 0.29) is 0 Å². The molecule has 0 fully saturated rings. The SMILES string of the molecule is CSc1cccc(-n2cn[nH]c2=S)c1. The molecule has 1 N–H and O–H groups in total. The summed E-state index contributed by atoms with van der Waals surface area (Å²) < 4.78 is 2.46. The van der Waals surface area contributed by atoms with Crippen molar-refractivity contribution in [1.29, 1.82) is 0 Å². The van der Waals surface area contributed by atoms with Gasteiger partial charge in [-0.05, 0) is 36.7 Å². The fraction of sp³-hybridized carbons (Fsp3) is 0.111. The van der Waals surface area contributed by atoms with Gasteiger partial charge in [0.2, 0.25) is 0 Å². The minimum atomic E-state index is 0.614. The van der Waals surface area contributed by atoms with E-state index in [1.54, 1.807) is 18.1 Å². The van der Waals surface area contributed by atoms with E-state index in [2.05, 4.69) is 22.3 Å². The first kappa shape index (κ1) is 9.48. The van der Waals surface area contributed by atoms with Crippen molar-refractivity contribution >= 4 is 24.0 Å². The highest BCUT2D eigenvalue weighted by atomic mass is 32.2. The van der Waals surface area contributed by atoms with Gasteiger partial charge in [0.15, 0.2) is 4.77 Å². The Morgan fingerprint density at radius 2 is 2.36 bits per heavy atom. The summed E-state index contributed by atoms with van der Waals surface area (Å²) in [5.74, 6) is 0.